The smallest absolute Gasteiger partial charge is 0.0608 e. The van der Waals surface area contributed by atoms with E-state index in [4.69, 9.17) is 9.47 Å². The number of hydrogen-bond donors (Lipinski definition) is 0. The minimum atomic E-state index is 0. The molecular weight excluding hydrogens is 446 g/mol. The minimum absolute atomic E-state index is 0. The molecule has 1 aliphatic carbocycles. The molecule has 34 heavy (non-hydrogen) atoms. The van der Waals surface area contributed by atoms with Crippen LogP contribution in [0.15, 0.2) is 18.2 Å². The number of ether oxygens (including phenoxy) is 2. The first-order valence-corrected chi connectivity index (χ1v) is 13.5. The Morgan fingerprint density at radius 2 is 1.59 bits per heavy atom. The summed E-state index contributed by atoms with van der Waals surface area (Å²) in [7, 11) is 1.80. The Balaban J connectivity index is 0.00000324. The predicted octanol–water partition coefficient (Wildman–Crippen LogP) is 5.57. The van der Waals surface area contributed by atoms with Gasteiger partial charge in [-0.05, 0) is 80.5 Å². The summed E-state index contributed by atoms with van der Waals surface area (Å²) in [5, 5.41) is 0. The van der Waals surface area contributed by atoms with Crippen LogP contribution in [0.3, 0.4) is 0 Å². The van der Waals surface area contributed by atoms with E-state index < -0.39 is 0 Å². The summed E-state index contributed by atoms with van der Waals surface area (Å²) >= 11 is 0. The number of rotatable bonds is 8. The summed E-state index contributed by atoms with van der Waals surface area (Å²) < 4.78 is 11.2. The van der Waals surface area contributed by atoms with Crippen LogP contribution in [0.4, 0.5) is 11.4 Å². The largest absolute Gasteiger partial charge is 0.383 e. The van der Waals surface area contributed by atoms with Gasteiger partial charge in [0.2, 0.25) is 0 Å². The van der Waals surface area contributed by atoms with Crippen molar-refractivity contribution in [2.45, 2.75) is 71.3 Å². The minimum Gasteiger partial charge on any atom is -0.383 e. The lowest BCUT2D eigenvalue weighted by molar-refractivity contribution is 0.0459. The van der Waals surface area contributed by atoms with Crippen LogP contribution < -0.4 is 9.80 Å². The van der Waals surface area contributed by atoms with E-state index in [1.807, 2.05) is 0 Å². The van der Waals surface area contributed by atoms with Crippen LogP contribution in [0.1, 0.15) is 70.8 Å². The summed E-state index contributed by atoms with van der Waals surface area (Å²) in [6.45, 7) is 16.4. The highest BCUT2D eigenvalue weighted by atomic mass is 35.5. The lowest BCUT2D eigenvalue weighted by atomic mass is 9.71. The molecule has 2 saturated heterocycles. The molecule has 0 bridgehead atoms. The molecule has 4 rings (SSSR count). The first-order valence-electron chi connectivity index (χ1n) is 13.5. The highest BCUT2D eigenvalue weighted by Crippen LogP contribution is 2.46. The maximum absolute atomic E-state index is 5.89. The molecular formula is C28H48ClN3O2. The number of benzene rings is 1. The Kier molecular flexibility index (Phi) is 10.4. The van der Waals surface area contributed by atoms with Crippen LogP contribution >= 0.6 is 12.4 Å². The van der Waals surface area contributed by atoms with Crippen LogP contribution in [0, 0.1) is 5.41 Å². The van der Waals surface area contributed by atoms with Gasteiger partial charge >= 0.3 is 0 Å². The molecule has 1 aromatic rings. The van der Waals surface area contributed by atoms with Crippen molar-refractivity contribution in [1.29, 1.82) is 0 Å². The van der Waals surface area contributed by atoms with Crippen molar-refractivity contribution < 1.29 is 9.47 Å². The van der Waals surface area contributed by atoms with E-state index in [0.717, 1.165) is 71.9 Å². The summed E-state index contributed by atoms with van der Waals surface area (Å²) in [5.41, 5.74) is 5.04. The Hall–Kier alpha value is -1.01. The molecule has 0 amide bonds. The molecule has 2 heterocycles. The molecule has 194 valence electrons. The van der Waals surface area contributed by atoms with E-state index in [2.05, 4.69) is 53.7 Å². The number of piperidine rings is 1. The fraction of sp³-hybridized carbons (Fsp3) is 0.786. The van der Waals surface area contributed by atoms with Crippen LogP contribution in [0.2, 0.25) is 0 Å². The van der Waals surface area contributed by atoms with E-state index >= 15 is 0 Å². The zero-order valence-corrected chi connectivity index (χ0v) is 22.9. The van der Waals surface area contributed by atoms with Gasteiger partial charge in [0, 0.05) is 70.9 Å². The highest BCUT2D eigenvalue weighted by Gasteiger charge is 2.31. The van der Waals surface area contributed by atoms with Gasteiger partial charge in [-0.15, -0.1) is 12.4 Å². The van der Waals surface area contributed by atoms with Crippen molar-refractivity contribution in [3.63, 3.8) is 0 Å². The maximum Gasteiger partial charge on any atom is 0.0608 e. The van der Waals surface area contributed by atoms with E-state index in [1.54, 1.807) is 12.7 Å². The first-order chi connectivity index (χ1) is 16.0. The van der Waals surface area contributed by atoms with Crippen LogP contribution in [-0.4, -0.2) is 77.1 Å². The summed E-state index contributed by atoms with van der Waals surface area (Å²) in [5.74, 6) is 0.695. The number of piperazine rings is 1. The summed E-state index contributed by atoms with van der Waals surface area (Å²) in [4.78, 5) is 7.79. The number of halogens is 1. The van der Waals surface area contributed by atoms with Gasteiger partial charge in [-0.2, -0.15) is 0 Å². The second-order valence-corrected chi connectivity index (χ2v) is 11.1. The highest BCUT2D eigenvalue weighted by molar-refractivity contribution is 5.85. The molecule has 6 heteroatoms. The fourth-order valence-electron chi connectivity index (χ4n) is 6.01. The van der Waals surface area contributed by atoms with Crippen molar-refractivity contribution in [2.75, 3.05) is 75.9 Å². The third-order valence-electron chi connectivity index (χ3n) is 8.32. The van der Waals surface area contributed by atoms with Crippen LogP contribution in [0.5, 0.6) is 0 Å². The number of nitrogens with zero attached hydrogens (tertiary/aromatic N) is 3. The maximum atomic E-state index is 5.89. The van der Waals surface area contributed by atoms with Crippen molar-refractivity contribution in [3.8, 4) is 0 Å². The zero-order valence-electron chi connectivity index (χ0n) is 22.1. The van der Waals surface area contributed by atoms with Crippen LogP contribution in [0.25, 0.3) is 0 Å². The average Bonchev–Trinajstić information content (AvgIpc) is 2.83. The monoisotopic (exact) mass is 493 g/mol. The molecule has 0 unspecified atom stereocenters. The van der Waals surface area contributed by atoms with E-state index in [-0.39, 0.29) is 12.4 Å². The van der Waals surface area contributed by atoms with Gasteiger partial charge in [0.1, 0.15) is 0 Å². The molecule has 3 aliphatic rings. The number of methoxy groups -OCH3 is 1. The zero-order chi connectivity index (χ0) is 23.3. The second-order valence-electron chi connectivity index (χ2n) is 11.1. The second kappa shape index (κ2) is 12.8. The first kappa shape index (κ1) is 27.6. The Labute approximate surface area is 214 Å². The van der Waals surface area contributed by atoms with Crippen molar-refractivity contribution in [2.24, 2.45) is 5.41 Å². The molecule has 1 aromatic carbocycles. The molecule has 1 saturated carbocycles. The number of hydrogen-bond acceptors (Lipinski definition) is 5. The molecule has 3 fully saturated rings. The van der Waals surface area contributed by atoms with Gasteiger partial charge in [0.05, 0.1) is 12.7 Å². The van der Waals surface area contributed by atoms with E-state index in [1.165, 1.54) is 37.1 Å². The fourth-order valence-corrected chi connectivity index (χ4v) is 6.01. The standard InChI is InChI=1S/C28H47N3O2.ClH/c1-5-33-25-10-14-30(15-11-25)24-6-7-27(31-18-16-29(17-19-31)20-21-32-4)26(22-24)23-8-12-28(2,3)13-9-23;/h6-7,22-23,25H,5,8-21H2,1-4H3;1H. The van der Waals surface area contributed by atoms with Gasteiger partial charge in [0.15, 0.2) is 0 Å². The SMILES string of the molecule is CCOC1CCN(c2ccc(N3CCN(CCOC)CC3)c(C3CCC(C)(C)CC3)c2)CC1.Cl. The molecule has 0 radical (unpaired) electrons. The lowest BCUT2D eigenvalue weighted by Gasteiger charge is -2.40. The molecule has 0 atom stereocenters. The molecule has 0 N–H and O–H groups in total. The van der Waals surface area contributed by atoms with Gasteiger partial charge < -0.3 is 19.3 Å². The molecule has 5 nitrogen and oxygen atoms in total. The van der Waals surface area contributed by atoms with Crippen molar-refractivity contribution in [1.82, 2.24) is 4.90 Å². The normalized spacial score (nSPS) is 22.6. The Bertz CT molecular complexity index is 733. The third-order valence-corrected chi connectivity index (χ3v) is 8.32. The van der Waals surface area contributed by atoms with Gasteiger partial charge in [0.25, 0.3) is 0 Å². The average molecular weight is 494 g/mol. The number of anilines is 2. The third kappa shape index (κ3) is 7.02. The van der Waals surface area contributed by atoms with Gasteiger partial charge in [-0.3, -0.25) is 4.90 Å². The van der Waals surface area contributed by atoms with Gasteiger partial charge in [-0.1, -0.05) is 13.8 Å². The molecule has 0 spiro atoms. The van der Waals surface area contributed by atoms with Crippen LogP contribution in [-0.2, 0) is 9.47 Å². The lowest BCUT2D eigenvalue weighted by Crippen LogP contribution is -2.47. The van der Waals surface area contributed by atoms with E-state index in [9.17, 15) is 0 Å². The molecule has 0 aromatic heterocycles. The van der Waals surface area contributed by atoms with Crippen molar-refractivity contribution in [3.05, 3.63) is 23.8 Å². The van der Waals surface area contributed by atoms with Crippen molar-refractivity contribution >= 4 is 23.8 Å². The Morgan fingerprint density at radius 1 is 0.912 bits per heavy atom. The quantitative estimate of drug-likeness (QED) is 0.472. The van der Waals surface area contributed by atoms with Gasteiger partial charge in [-0.25, -0.2) is 0 Å². The van der Waals surface area contributed by atoms with E-state index in [0.29, 0.717) is 17.4 Å². The summed E-state index contributed by atoms with van der Waals surface area (Å²) in [6, 6.07) is 7.41. The molecule has 2 aliphatic heterocycles. The predicted molar refractivity (Wildman–Crippen MR) is 146 cm³/mol. The topological polar surface area (TPSA) is 28.2 Å². The Morgan fingerprint density at radius 3 is 2.21 bits per heavy atom. The summed E-state index contributed by atoms with van der Waals surface area (Å²) in [6.07, 6.45) is 8.06.